The van der Waals surface area contributed by atoms with E-state index in [4.69, 9.17) is 4.74 Å². The van der Waals surface area contributed by atoms with Crippen molar-refractivity contribution >= 4 is 11.6 Å². The summed E-state index contributed by atoms with van der Waals surface area (Å²) in [7, 11) is 0. The molecule has 1 amide bonds. The van der Waals surface area contributed by atoms with Gasteiger partial charge in [0.25, 0.3) is 0 Å². The van der Waals surface area contributed by atoms with Gasteiger partial charge in [0, 0.05) is 11.6 Å². The molecule has 0 saturated heterocycles. The van der Waals surface area contributed by atoms with E-state index >= 15 is 0 Å². The molecule has 0 radical (unpaired) electrons. The Balaban J connectivity index is 1.60. The molecule has 0 aliphatic heterocycles. The lowest BCUT2D eigenvalue weighted by Gasteiger charge is -2.11. The third-order valence-electron chi connectivity index (χ3n) is 4.10. The third kappa shape index (κ3) is 3.67. The third-order valence-corrected chi connectivity index (χ3v) is 4.10. The molecule has 0 heterocycles. The van der Waals surface area contributed by atoms with Crippen LogP contribution in [-0.2, 0) is 4.79 Å². The monoisotopic (exact) mass is 295 g/mol. The molecule has 2 aromatic rings. The number of carbonyl (C=O) groups excluding carboxylic acids is 1. The van der Waals surface area contributed by atoms with E-state index in [0.29, 0.717) is 0 Å². The molecule has 0 spiro atoms. The van der Waals surface area contributed by atoms with E-state index in [9.17, 15) is 4.79 Å². The van der Waals surface area contributed by atoms with Crippen LogP contribution in [0.1, 0.15) is 31.2 Å². The number of nitrogens with one attached hydrogen (secondary N) is 1. The van der Waals surface area contributed by atoms with Crippen molar-refractivity contribution in [1.82, 2.24) is 0 Å². The first-order valence-electron chi connectivity index (χ1n) is 7.86. The van der Waals surface area contributed by atoms with Gasteiger partial charge >= 0.3 is 0 Å². The van der Waals surface area contributed by atoms with Crippen LogP contribution in [-0.4, -0.2) is 5.91 Å². The van der Waals surface area contributed by atoms with E-state index in [1.807, 2.05) is 55.5 Å². The number of benzene rings is 2. The summed E-state index contributed by atoms with van der Waals surface area (Å²) in [6, 6.07) is 15.5. The quantitative estimate of drug-likeness (QED) is 0.869. The zero-order valence-electron chi connectivity index (χ0n) is 12.8. The average molecular weight is 295 g/mol. The zero-order valence-corrected chi connectivity index (χ0v) is 12.8. The molecular formula is C19H21NO2. The zero-order chi connectivity index (χ0) is 15.4. The number of aryl methyl sites for hydroxylation is 1. The number of rotatable bonds is 4. The van der Waals surface area contributed by atoms with Crippen LogP contribution in [0.15, 0.2) is 48.5 Å². The highest BCUT2D eigenvalue weighted by atomic mass is 16.5. The average Bonchev–Trinajstić information content (AvgIpc) is 3.06. The van der Waals surface area contributed by atoms with Gasteiger partial charge in [-0.1, -0.05) is 30.5 Å². The SMILES string of the molecule is Cc1ccc(Oc2ccc(NC(=O)C3CCCC3)cc2)cc1. The van der Waals surface area contributed by atoms with E-state index in [2.05, 4.69) is 5.32 Å². The summed E-state index contributed by atoms with van der Waals surface area (Å²) in [5.74, 6) is 1.91. The molecule has 3 nitrogen and oxygen atoms in total. The summed E-state index contributed by atoms with van der Waals surface area (Å²) < 4.78 is 5.78. The van der Waals surface area contributed by atoms with Gasteiger partial charge in [-0.15, -0.1) is 0 Å². The predicted molar refractivity (Wildman–Crippen MR) is 88.3 cm³/mol. The van der Waals surface area contributed by atoms with Crippen LogP contribution >= 0.6 is 0 Å². The Morgan fingerprint density at radius 2 is 1.50 bits per heavy atom. The van der Waals surface area contributed by atoms with Gasteiger partial charge in [0.2, 0.25) is 5.91 Å². The fourth-order valence-electron chi connectivity index (χ4n) is 2.78. The van der Waals surface area contributed by atoms with Crippen LogP contribution in [0.5, 0.6) is 11.5 Å². The van der Waals surface area contributed by atoms with Crippen molar-refractivity contribution in [1.29, 1.82) is 0 Å². The predicted octanol–water partition coefficient (Wildman–Crippen LogP) is 4.92. The van der Waals surface area contributed by atoms with Crippen LogP contribution in [0.2, 0.25) is 0 Å². The normalized spacial score (nSPS) is 14.8. The molecule has 0 aromatic heterocycles. The fourth-order valence-corrected chi connectivity index (χ4v) is 2.78. The first-order valence-corrected chi connectivity index (χ1v) is 7.86. The lowest BCUT2D eigenvalue weighted by atomic mass is 10.1. The summed E-state index contributed by atoms with van der Waals surface area (Å²) in [4.78, 5) is 12.1. The summed E-state index contributed by atoms with van der Waals surface area (Å²) >= 11 is 0. The Bertz CT molecular complexity index is 625. The van der Waals surface area contributed by atoms with E-state index < -0.39 is 0 Å². The molecule has 1 aliphatic rings. The van der Waals surface area contributed by atoms with Gasteiger partial charge in [0.1, 0.15) is 11.5 Å². The van der Waals surface area contributed by atoms with Gasteiger partial charge in [0.15, 0.2) is 0 Å². The molecule has 22 heavy (non-hydrogen) atoms. The fraction of sp³-hybridized carbons (Fsp3) is 0.316. The van der Waals surface area contributed by atoms with E-state index in [-0.39, 0.29) is 11.8 Å². The highest BCUT2D eigenvalue weighted by Gasteiger charge is 2.22. The minimum Gasteiger partial charge on any atom is -0.457 e. The molecular weight excluding hydrogens is 274 g/mol. The number of hydrogen-bond acceptors (Lipinski definition) is 2. The van der Waals surface area contributed by atoms with Crippen molar-refractivity contribution in [3.8, 4) is 11.5 Å². The Morgan fingerprint density at radius 3 is 2.09 bits per heavy atom. The van der Waals surface area contributed by atoms with Crippen LogP contribution in [0.4, 0.5) is 5.69 Å². The molecule has 0 atom stereocenters. The van der Waals surface area contributed by atoms with E-state index in [0.717, 1.165) is 30.0 Å². The number of ether oxygens (including phenoxy) is 1. The van der Waals surface area contributed by atoms with Gasteiger partial charge in [-0.05, 0) is 56.2 Å². The number of carbonyl (C=O) groups is 1. The van der Waals surface area contributed by atoms with E-state index in [1.165, 1.54) is 18.4 Å². The smallest absolute Gasteiger partial charge is 0.227 e. The Labute approximate surface area is 131 Å². The molecule has 1 aliphatic carbocycles. The van der Waals surface area contributed by atoms with Crippen LogP contribution in [0.3, 0.4) is 0 Å². The maximum atomic E-state index is 12.1. The molecule has 1 N–H and O–H groups in total. The minimum absolute atomic E-state index is 0.143. The first kappa shape index (κ1) is 14.6. The molecule has 3 heteroatoms. The second kappa shape index (κ2) is 6.65. The highest BCUT2D eigenvalue weighted by Crippen LogP contribution is 2.27. The summed E-state index contributed by atoms with van der Waals surface area (Å²) in [6.07, 6.45) is 4.36. The maximum absolute atomic E-state index is 12.1. The van der Waals surface area contributed by atoms with Gasteiger partial charge < -0.3 is 10.1 Å². The second-order valence-electron chi connectivity index (χ2n) is 5.91. The molecule has 0 unspecified atom stereocenters. The van der Waals surface area contributed by atoms with Crippen LogP contribution < -0.4 is 10.1 Å². The number of hydrogen-bond donors (Lipinski definition) is 1. The maximum Gasteiger partial charge on any atom is 0.227 e. The second-order valence-corrected chi connectivity index (χ2v) is 5.91. The lowest BCUT2D eigenvalue weighted by molar-refractivity contribution is -0.119. The molecule has 2 aromatic carbocycles. The number of anilines is 1. The molecule has 0 bridgehead atoms. The molecule has 114 valence electrons. The largest absolute Gasteiger partial charge is 0.457 e. The first-order chi connectivity index (χ1) is 10.7. The van der Waals surface area contributed by atoms with Crippen molar-refractivity contribution in [2.45, 2.75) is 32.6 Å². The van der Waals surface area contributed by atoms with Gasteiger partial charge in [-0.2, -0.15) is 0 Å². The Kier molecular flexibility index (Phi) is 4.42. The minimum atomic E-state index is 0.143. The topological polar surface area (TPSA) is 38.3 Å². The molecule has 1 fully saturated rings. The van der Waals surface area contributed by atoms with E-state index in [1.54, 1.807) is 0 Å². The molecule has 1 saturated carbocycles. The Hall–Kier alpha value is -2.29. The van der Waals surface area contributed by atoms with Crippen molar-refractivity contribution in [3.05, 3.63) is 54.1 Å². The van der Waals surface area contributed by atoms with Gasteiger partial charge in [0.05, 0.1) is 0 Å². The van der Waals surface area contributed by atoms with Gasteiger partial charge in [-0.3, -0.25) is 4.79 Å². The summed E-state index contributed by atoms with van der Waals surface area (Å²) in [5.41, 5.74) is 2.03. The van der Waals surface area contributed by atoms with Crippen molar-refractivity contribution in [2.75, 3.05) is 5.32 Å². The van der Waals surface area contributed by atoms with Crippen molar-refractivity contribution in [3.63, 3.8) is 0 Å². The summed E-state index contributed by atoms with van der Waals surface area (Å²) in [6.45, 7) is 2.05. The van der Waals surface area contributed by atoms with Crippen LogP contribution in [0, 0.1) is 12.8 Å². The molecule has 3 rings (SSSR count). The number of amides is 1. The van der Waals surface area contributed by atoms with Crippen LogP contribution in [0.25, 0.3) is 0 Å². The van der Waals surface area contributed by atoms with Crippen molar-refractivity contribution in [2.24, 2.45) is 5.92 Å². The lowest BCUT2D eigenvalue weighted by Crippen LogP contribution is -2.20. The summed E-state index contributed by atoms with van der Waals surface area (Å²) in [5, 5.41) is 2.99. The standard InChI is InChI=1S/C19H21NO2/c1-14-6-10-17(11-7-14)22-18-12-8-16(9-13-18)20-19(21)15-4-2-3-5-15/h6-13,15H,2-5H2,1H3,(H,20,21). The highest BCUT2D eigenvalue weighted by molar-refractivity contribution is 5.92. The van der Waals surface area contributed by atoms with Gasteiger partial charge in [-0.25, -0.2) is 0 Å². The Morgan fingerprint density at radius 1 is 0.955 bits per heavy atom. The van der Waals surface area contributed by atoms with Crippen molar-refractivity contribution < 1.29 is 9.53 Å².